The van der Waals surface area contributed by atoms with E-state index in [4.69, 9.17) is 4.74 Å². The zero-order valence-corrected chi connectivity index (χ0v) is 17.4. The number of hydrogen-bond acceptors (Lipinski definition) is 2. The molecule has 164 valence electrons. The van der Waals surface area contributed by atoms with Crippen LogP contribution in [-0.4, -0.2) is 31.3 Å². The van der Waals surface area contributed by atoms with Crippen molar-refractivity contribution in [1.82, 2.24) is 10.3 Å². The zero-order valence-electron chi connectivity index (χ0n) is 17.4. The molecule has 0 bridgehead atoms. The first kappa shape index (κ1) is 20.6. The number of hydrogen-bond donors (Lipinski definition) is 2. The molecular formula is C25H27F3N2O. The lowest BCUT2D eigenvalue weighted by Crippen LogP contribution is -2.33. The number of fused-ring (bicyclic) bond motifs is 1. The Bertz CT molecular complexity index is 1050. The molecule has 2 aromatic carbocycles. The number of halogens is 3. The van der Waals surface area contributed by atoms with Gasteiger partial charge in [-0.05, 0) is 98.0 Å². The Morgan fingerprint density at radius 2 is 1.81 bits per heavy atom. The maximum absolute atomic E-state index is 14.5. The first-order valence-corrected chi connectivity index (χ1v) is 11.1. The molecule has 5 rings (SSSR count). The monoisotopic (exact) mass is 428 g/mol. The maximum Gasteiger partial charge on any atom is 0.150 e. The lowest BCUT2D eigenvalue weighted by molar-refractivity contribution is 0.183. The van der Waals surface area contributed by atoms with Gasteiger partial charge in [0.25, 0.3) is 0 Å². The third-order valence-corrected chi connectivity index (χ3v) is 6.83. The van der Waals surface area contributed by atoms with Gasteiger partial charge in [-0.2, -0.15) is 0 Å². The fourth-order valence-electron chi connectivity index (χ4n) is 5.07. The minimum atomic E-state index is -0.599. The fourth-order valence-corrected chi connectivity index (χ4v) is 5.07. The largest absolute Gasteiger partial charge is 0.381 e. The van der Waals surface area contributed by atoms with Crippen LogP contribution in [0.25, 0.3) is 22.2 Å². The summed E-state index contributed by atoms with van der Waals surface area (Å²) in [5.74, 6) is -0.0461. The molecule has 3 aromatic rings. The van der Waals surface area contributed by atoms with Crippen LogP contribution in [0.15, 0.2) is 36.4 Å². The van der Waals surface area contributed by atoms with Crippen molar-refractivity contribution in [3.05, 3.63) is 59.4 Å². The van der Waals surface area contributed by atoms with E-state index in [9.17, 15) is 13.2 Å². The Morgan fingerprint density at radius 1 is 1.00 bits per heavy atom. The molecule has 2 heterocycles. The molecule has 1 saturated heterocycles. The predicted molar refractivity (Wildman–Crippen MR) is 115 cm³/mol. The quantitative estimate of drug-likeness (QED) is 0.470. The number of rotatable bonds is 7. The number of H-pyrrole nitrogens is 1. The summed E-state index contributed by atoms with van der Waals surface area (Å²) in [4.78, 5) is 3.15. The smallest absolute Gasteiger partial charge is 0.150 e. The summed E-state index contributed by atoms with van der Waals surface area (Å²) in [5.41, 5.74) is 2.81. The van der Waals surface area contributed by atoms with Crippen LogP contribution in [0.4, 0.5) is 13.2 Å². The van der Waals surface area contributed by atoms with Gasteiger partial charge in [0.2, 0.25) is 0 Å². The molecule has 0 amide bonds. The Hall–Kier alpha value is -2.31. The van der Waals surface area contributed by atoms with Gasteiger partial charge in [-0.25, -0.2) is 13.2 Å². The maximum atomic E-state index is 14.5. The molecule has 1 unspecified atom stereocenters. The highest BCUT2D eigenvalue weighted by atomic mass is 19.1. The average Bonchev–Trinajstić information content (AvgIpc) is 3.35. The molecule has 0 radical (unpaired) electrons. The van der Waals surface area contributed by atoms with Crippen LogP contribution in [0.5, 0.6) is 0 Å². The van der Waals surface area contributed by atoms with Crippen molar-refractivity contribution >= 4 is 10.9 Å². The first-order chi connectivity index (χ1) is 15.1. The number of ether oxygens (including phenoxy) is 1. The molecule has 1 aromatic heterocycles. The first-order valence-electron chi connectivity index (χ1n) is 11.1. The van der Waals surface area contributed by atoms with E-state index in [-0.39, 0.29) is 11.7 Å². The van der Waals surface area contributed by atoms with E-state index in [1.165, 1.54) is 18.2 Å². The number of benzene rings is 2. The van der Waals surface area contributed by atoms with Crippen molar-refractivity contribution in [3.8, 4) is 11.3 Å². The van der Waals surface area contributed by atoms with Crippen LogP contribution >= 0.6 is 0 Å². The number of nitrogens with one attached hydrogen (secondary N) is 2. The SMILES string of the molecule is Fc1ccc(-c2[nH]c3c(F)cc(F)cc3c2C2CC(CNCCC3CCOC3)C2)cc1. The summed E-state index contributed by atoms with van der Waals surface area (Å²) in [6.45, 7) is 3.73. The molecule has 2 aliphatic rings. The van der Waals surface area contributed by atoms with Gasteiger partial charge in [0.05, 0.1) is 11.2 Å². The van der Waals surface area contributed by atoms with E-state index in [1.54, 1.807) is 12.1 Å². The Balaban J connectivity index is 1.32. The highest BCUT2D eigenvalue weighted by Gasteiger charge is 2.34. The Kier molecular flexibility index (Phi) is 5.76. The van der Waals surface area contributed by atoms with Crippen molar-refractivity contribution in [1.29, 1.82) is 0 Å². The van der Waals surface area contributed by atoms with E-state index < -0.39 is 11.6 Å². The second kappa shape index (κ2) is 8.67. The molecule has 0 spiro atoms. The minimum Gasteiger partial charge on any atom is -0.381 e. The average molecular weight is 428 g/mol. The van der Waals surface area contributed by atoms with Gasteiger partial charge in [0, 0.05) is 24.7 Å². The highest BCUT2D eigenvalue weighted by molar-refractivity contribution is 5.92. The molecule has 6 heteroatoms. The summed E-state index contributed by atoms with van der Waals surface area (Å²) < 4.78 is 47.3. The third-order valence-electron chi connectivity index (χ3n) is 6.83. The van der Waals surface area contributed by atoms with Crippen LogP contribution in [0.1, 0.15) is 37.2 Å². The highest BCUT2D eigenvalue weighted by Crippen LogP contribution is 2.48. The van der Waals surface area contributed by atoms with E-state index >= 15 is 0 Å². The van der Waals surface area contributed by atoms with Crippen LogP contribution in [0, 0.1) is 29.3 Å². The fraction of sp³-hybridized carbons (Fsp3) is 0.440. The van der Waals surface area contributed by atoms with Crippen LogP contribution in [0.2, 0.25) is 0 Å². The summed E-state index contributed by atoms with van der Waals surface area (Å²) in [5, 5.41) is 4.16. The molecule has 1 aliphatic heterocycles. The van der Waals surface area contributed by atoms with Crippen LogP contribution < -0.4 is 5.32 Å². The van der Waals surface area contributed by atoms with Crippen molar-refractivity contribution in [3.63, 3.8) is 0 Å². The number of aromatic amines is 1. The molecule has 2 N–H and O–H groups in total. The van der Waals surface area contributed by atoms with Gasteiger partial charge in [-0.3, -0.25) is 0 Å². The zero-order chi connectivity index (χ0) is 21.4. The Morgan fingerprint density at radius 3 is 2.55 bits per heavy atom. The van der Waals surface area contributed by atoms with Crippen molar-refractivity contribution in [2.75, 3.05) is 26.3 Å². The molecule has 1 aliphatic carbocycles. The van der Waals surface area contributed by atoms with Crippen molar-refractivity contribution in [2.24, 2.45) is 11.8 Å². The summed E-state index contributed by atoms with van der Waals surface area (Å²) in [7, 11) is 0. The third kappa shape index (κ3) is 4.23. The standard InChI is InChI=1S/C25H27F3N2O/c26-19-3-1-17(2-4-19)24-23(21-11-20(27)12-22(28)25(21)30-24)18-9-16(10-18)13-29-7-5-15-6-8-31-14-15/h1-4,11-12,15-16,18,29-30H,5-10,13-14H2. The second-order valence-corrected chi connectivity index (χ2v) is 8.99. The molecule has 3 nitrogen and oxygen atoms in total. The van der Waals surface area contributed by atoms with Crippen molar-refractivity contribution < 1.29 is 17.9 Å². The molecule has 2 fully saturated rings. The van der Waals surface area contributed by atoms with E-state index in [0.29, 0.717) is 22.7 Å². The lowest BCUT2D eigenvalue weighted by atomic mass is 9.70. The lowest BCUT2D eigenvalue weighted by Gasteiger charge is -2.36. The summed E-state index contributed by atoms with van der Waals surface area (Å²) in [6, 6.07) is 8.46. The molecule has 1 atom stereocenters. The van der Waals surface area contributed by atoms with Gasteiger partial charge in [-0.15, -0.1) is 0 Å². The van der Waals surface area contributed by atoms with Gasteiger partial charge in [0.1, 0.15) is 17.5 Å². The molecule has 1 saturated carbocycles. The second-order valence-electron chi connectivity index (χ2n) is 8.99. The topological polar surface area (TPSA) is 37.0 Å². The Labute approximate surface area is 180 Å². The van der Waals surface area contributed by atoms with Gasteiger partial charge >= 0.3 is 0 Å². The van der Waals surface area contributed by atoms with Gasteiger partial charge < -0.3 is 15.0 Å². The normalized spacial score (nSPS) is 23.4. The summed E-state index contributed by atoms with van der Waals surface area (Å²) in [6.07, 6.45) is 4.25. The predicted octanol–water partition coefficient (Wildman–Crippen LogP) is 5.76. The van der Waals surface area contributed by atoms with E-state index in [0.717, 1.165) is 74.9 Å². The molecule has 31 heavy (non-hydrogen) atoms. The van der Waals surface area contributed by atoms with Crippen LogP contribution in [-0.2, 0) is 4.74 Å². The van der Waals surface area contributed by atoms with Gasteiger partial charge in [0.15, 0.2) is 0 Å². The van der Waals surface area contributed by atoms with Gasteiger partial charge in [-0.1, -0.05) is 0 Å². The van der Waals surface area contributed by atoms with Crippen LogP contribution in [0.3, 0.4) is 0 Å². The van der Waals surface area contributed by atoms with E-state index in [1.807, 2.05) is 0 Å². The van der Waals surface area contributed by atoms with Crippen molar-refractivity contribution in [2.45, 2.75) is 31.6 Å². The molecular weight excluding hydrogens is 401 g/mol. The summed E-state index contributed by atoms with van der Waals surface area (Å²) >= 11 is 0. The number of aromatic nitrogens is 1. The van der Waals surface area contributed by atoms with E-state index in [2.05, 4.69) is 10.3 Å². The minimum absolute atomic E-state index is 0.227.